The zero-order valence-electron chi connectivity index (χ0n) is 23.7. The van der Waals surface area contributed by atoms with Crippen molar-refractivity contribution in [2.24, 2.45) is 0 Å². The maximum atomic E-state index is 12.8. The number of nitrogens with one attached hydrogen (secondary N) is 1. The summed E-state index contributed by atoms with van der Waals surface area (Å²) in [6.07, 6.45) is 3.07. The van der Waals surface area contributed by atoms with Crippen molar-refractivity contribution in [2.45, 2.75) is 78.6 Å². The van der Waals surface area contributed by atoms with Crippen molar-refractivity contribution >= 4 is 33.5 Å². The highest BCUT2D eigenvalue weighted by molar-refractivity contribution is 6.06. The molecule has 0 aliphatic carbocycles. The van der Waals surface area contributed by atoms with E-state index in [0.29, 0.717) is 31.5 Å². The maximum Gasteiger partial charge on any atom is 0.166 e. The first-order valence-corrected chi connectivity index (χ1v) is 13.7. The van der Waals surface area contributed by atoms with E-state index in [2.05, 4.69) is 70.9 Å². The molecular weight excluding hydrogens is 472 g/mol. The molecule has 0 aliphatic rings. The number of nitrogens with zero attached hydrogens (tertiary/aromatic N) is 4. The number of hydrogen-bond donors (Lipinski definition) is 2. The number of carbonyl (C=O) groups excluding carboxylic acids is 1. The van der Waals surface area contributed by atoms with E-state index in [1.165, 1.54) is 5.56 Å². The number of fused-ring (bicyclic) bond motifs is 3. The predicted octanol–water partition coefficient (Wildman–Crippen LogP) is 5.34. The van der Waals surface area contributed by atoms with E-state index in [1.54, 1.807) is 0 Å². The average Bonchev–Trinajstić information content (AvgIpc) is 3.25. The van der Waals surface area contributed by atoms with Crippen LogP contribution in [0.1, 0.15) is 64.4 Å². The molecule has 0 unspecified atom stereocenters. The number of nitrogens with two attached hydrogens (primary N) is 1. The Kier molecular flexibility index (Phi) is 8.48. The summed E-state index contributed by atoms with van der Waals surface area (Å²) in [6.45, 7) is 12.1. The molecule has 2 aromatic heterocycles. The highest BCUT2D eigenvalue weighted by Crippen LogP contribution is 2.30. The van der Waals surface area contributed by atoms with E-state index >= 15 is 0 Å². The van der Waals surface area contributed by atoms with Gasteiger partial charge in [-0.2, -0.15) is 0 Å². The van der Waals surface area contributed by atoms with Gasteiger partial charge in [0.1, 0.15) is 11.3 Å². The number of para-hydroxylation sites is 1. The number of anilines is 1. The van der Waals surface area contributed by atoms with Gasteiger partial charge in [-0.25, -0.2) is 9.97 Å². The molecule has 7 heteroatoms. The van der Waals surface area contributed by atoms with E-state index in [0.717, 1.165) is 52.6 Å². The molecule has 0 radical (unpaired) electrons. The molecule has 2 aromatic carbocycles. The van der Waals surface area contributed by atoms with Crippen LogP contribution in [0.5, 0.6) is 0 Å². The maximum absolute atomic E-state index is 12.8. The minimum atomic E-state index is -0.596. The van der Waals surface area contributed by atoms with E-state index in [1.807, 2.05) is 39.1 Å². The van der Waals surface area contributed by atoms with E-state index < -0.39 is 5.54 Å². The number of unbranched alkanes of at least 4 members (excludes halogenated alkanes) is 1. The third-order valence-electron chi connectivity index (χ3n) is 7.51. The number of pyridine rings is 1. The molecule has 0 saturated heterocycles. The first-order valence-electron chi connectivity index (χ1n) is 13.7. The fourth-order valence-electron chi connectivity index (χ4n) is 4.57. The topological polar surface area (TPSA) is 89.1 Å². The van der Waals surface area contributed by atoms with Gasteiger partial charge in [0.15, 0.2) is 11.6 Å². The van der Waals surface area contributed by atoms with Gasteiger partial charge in [0.05, 0.1) is 23.1 Å². The summed E-state index contributed by atoms with van der Waals surface area (Å²) in [5.74, 6) is 1.72. The van der Waals surface area contributed by atoms with Crippen LogP contribution in [0.15, 0.2) is 48.5 Å². The second kappa shape index (κ2) is 11.6. The number of likely N-dealkylation sites (N-methyl/N-ethyl adjacent to an activating group) is 1. The molecule has 2 heterocycles. The lowest BCUT2D eigenvalue weighted by molar-refractivity contribution is -0.125. The summed E-state index contributed by atoms with van der Waals surface area (Å²) in [5.41, 5.74) is 10.8. The first kappa shape index (κ1) is 27.7. The number of benzene rings is 2. The van der Waals surface area contributed by atoms with Crippen molar-refractivity contribution in [3.63, 3.8) is 0 Å². The van der Waals surface area contributed by atoms with Gasteiger partial charge in [-0.05, 0) is 58.4 Å². The zero-order valence-corrected chi connectivity index (χ0v) is 23.7. The van der Waals surface area contributed by atoms with Gasteiger partial charge < -0.3 is 15.6 Å². The highest BCUT2D eigenvalue weighted by Gasteiger charge is 2.28. The van der Waals surface area contributed by atoms with Crippen LogP contribution in [0, 0.1) is 0 Å². The lowest BCUT2D eigenvalue weighted by Gasteiger charge is -2.29. The minimum absolute atomic E-state index is 0.193. The number of rotatable bonds is 12. The fourth-order valence-corrected chi connectivity index (χ4v) is 4.57. The molecule has 3 N–H and O–H groups in total. The van der Waals surface area contributed by atoms with Crippen molar-refractivity contribution in [1.29, 1.82) is 0 Å². The Hall–Kier alpha value is -3.29. The molecule has 4 aromatic rings. The second-order valence-corrected chi connectivity index (χ2v) is 11.2. The normalized spacial score (nSPS) is 12.3. The number of Topliss-reactive ketones (excluding diaryl/α,β-unsaturated/α-hetero) is 1. The van der Waals surface area contributed by atoms with Gasteiger partial charge in [0, 0.05) is 30.9 Å². The van der Waals surface area contributed by atoms with Crippen LogP contribution >= 0.6 is 0 Å². The van der Waals surface area contributed by atoms with Gasteiger partial charge in [-0.1, -0.05) is 55.8 Å². The lowest BCUT2D eigenvalue weighted by atomic mass is 9.97. The van der Waals surface area contributed by atoms with Gasteiger partial charge >= 0.3 is 0 Å². The number of ketones is 1. The van der Waals surface area contributed by atoms with E-state index in [-0.39, 0.29) is 5.78 Å². The Labute approximate surface area is 226 Å². The van der Waals surface area contributed by atoms with E-state index in [4.69, 9.17) is 10.7 Å². The van der Waals surface area contributed by atoms with Gasteiger partial charge in [0.25, 0.3) is 0 Å². The SMILES string of the molecule is CCCCc1nc2c(N)nc3ccccc3c2n1Cc1ccc(CNC(C)(C)C(=O)CN(C)C(C)C)cc1. The molecule has 0 aliphatic heterocycles. The zero-order chi connectivity index (χ0) is 27.4. The Bertz CT molecular complexity index is 1400. The second-order valence-electron chi connectivity index (χ2n) is 11.2. The Morgan fingerprint density at radius 2 is 1.76 bits per heavy atom. The van der Waals surface area contributed by atoms with Crippen molar-refractivity contribution < 1.29 is 4.79 Å². The molecule has 0 amide bonds. The quantitative estimate of drug-likeness (QED) is 0.265. The average molecular weight is 515 g/mol. The molecule has 0 fully saturated rings. The highest BCUT2D eigenvalue weighted by atomic mass is 16.1. The summed E-state index contributed by atoms with van der Waals surface area (Å²) >= 11 is 0. The van der Waals surface area contributed by atoms with Crippen molar-refractivity contribution in [3.8, 4) is 0 Å². The standard InChI is InChI=1S/C31H42N6O/c1-7-8-13-27-35-28-29(24-11-9-10-12-25(24)34-30(28)32)37(27)19-23-16-14-22(15-17-23)18-33-31(4,5)26(38)20-36(6)21(2)3/h9-12,14-17,21,33H,7-8,13,18-20H2,1-6H3,(H2,32,34). The number of hydrogen-bond acceptors (Lipinski definition) is 6. The van der Waals surface area contributed by atoms with Crippen molar-refractivity contribution in [2.75, 3.05) is 19.3 Å². The monoisotopic (exact) mass is 514 g/mol. The van der Waals surface area contributed by atoms with Crippen LogP contribution in [0.2, 0.25) is 0 Å². The predicted molar refractivity (Wildman–Crippen MR) is 157 cm³/mol. The molecule has 202 valence electrons. The van der Waals surface area contributed by atoms with Gasteiger partial charge in [-0.15, -0.1) is 0 Å². The summed E-state index contributed by atoms with van der Waals surface area (Å²) in [6, 6.07) is 17.1. The smallest absolute Gasteiger partial charge is 0.166 e. The summed E-state index contributed by atoms with van der Waals surface area (Å²) in [5, 5.41) is 4.53. The first-order chi connectivity index (χ1) is 18.1. The summed E-state index contributed by atoms with van der Waals surface area (Å²) in [7, 11) is 1.99. The molecule has 38 heavy (non-hydrogen) atoms. The largest absolute Gasteiger partial charge is 0.382 e. The third-order valence-corrected chi connectivity index (χ3v) is 7.51. The van der Waals surface area contributed by atoms with E-state index in [9.17, 15) is 4.79 Å². The molecule has 7 nitrogen and oxygen atoms in total. The number of imidazole rings is 1. The summed E-state index contributed by atoms with van der Waals surface area (Å²) < 4.78 is 2.31. The molecule has 4 rings (SSSR count). The van der Waals surface area contributed by atoms with Crippen molar-refractivity contribution in [1.82, 2.24) is 24.8 Å². The Morgan fingerprint density at radius 3 is 2.45 bits per heavy atom. The van der Waals surface area contributed by atoms with Crippen molar-refractivity contribution in [3.05, 3.63) is 65.5 Å². The van der Waals surface area contributed by atoms with Gasteiger partial charge in [-0.3, -0.25) is 9.69 Å². The molecule has 0 spiro atoms. The number of aromatic nitrogens is 3. The molecular formula is C31H42N6O. The molecule has 0 bridgehead atoms. The third kappa shape index (κ3) is 6.05. The number of nitrogen functional groups attached to an aromatic ring is 1. The van der Waals surface area contributed by atoms with Crippen LogP contribution < -0.4 is 11.1 Å². The van der Waals surface area contributed by atoms with Crippen LogP contribution in [0.3, 0.4) is 0 Å². The van der Waals surface area contributed by atoms with Crippen LogP contribution in [0.4, 0.5) is 5.82 Å². The fraction of sp³-hybridized carbons (Fsp3) is 0.452. The Balaban J connectivity index is 1.55. The molecule has 0 atom stereocenters. The summed E-state index contributed by atoms with van der Waals surface area (Å²) in [4.78, 5) is 24.5. The molecule has 0 saturated carbocycles. The van der Waals surface area contributed by atoms with Crippen LogP contribution in [-0.2, 0) is 24.3 Å². The lowest BCUT2D eigenvalue weighted by Crippen LogP contribution is -2.50. The van der Waals surface area contributed by atoms with Crippen LogP contribution in [-0.4, -0.2) is 50.4 Å². The van der Waals surface area contributed by atoms with Crippen LogP contribution in [0.25, 0.3) is 21.9 Å². The van der Waals surface area contributed by atoms with Gasteiger partial charge in [0.2, 0.25) is 0 Å². The minimum Gasteiger partial charge on any atom is -0.382 e. The number of carbonyl (C=O) groups is 1. The number of aryl methyl sites for hydroxylation is 1. The Morgan fingerprint density at radius 1 is 1.08 bits per heavy atom.